The molecule has 0 saturated carbocycles. The molecule has 124 valence electrons. The van der Waals surface area contributed by atoms with Crippen molar-refractivity contribution in [3.63, 3.8) is 0 Å². The Labute approximate surface area is 157 Å². The van der Waals surface area contributed by atoms with Crippen LogP contribution in [0, 0.1) is 0 Å². The zero-order valence-corrected chi connectivity index (χ0v) is 16.7. The van der Waals surface area contributed by atoms with Crippen molar-refractivity contribution >= 4 is 52.9 Å². The fraction of sp³-hybridized carbons (Fsp3) is 0.118. The van der Waals surface area contributed by atoms with E-state index in [1.165, 1.54) is 0 Å². The van der Waals surface area contributed by atoms with Crippen molar-refractivity contribution in [2.45, 2.75) is 18.2 Å². The number of aromatic nitrogens is 1. The normalized spacial score (nSPS) is 11.6. The maximum Gasteiger partial charge on any atom is 0.339 e. The smallest absolute Gasteiger partial charge is 0.339 e. The van der Waals surface area contributed by atoms with Gasteiger partial charge in [0.2, 0.25) is 0 Å². The van der Waals surface area contributed by atoms with Gasteiger partial charge in [-0.1, -0.05) is 41.1 Å². The van der Waals surface area contributed by atoms with E-state index in [-0.39, 0.29) is 10.6 Å². The third-order valence-corrected chi connectivity index (χ3v) is 6.04. The summed E-state index contributed by atoms with van der Waals surface area (Å²) in [6, 6.07) is 12.0. The molecule has 0 aliphatic carbocycles. The number of nitrogens with zero attached hydrogens (tertiary/aromatic N) is 1. The van der Waals surface area contributed by atoms with Gasteiger partial charge in [-0.3, -0.25) is 4.98 Å². The average Bonchev–Trinajstić information content (AvgIpc) is 2.59. The molecule has 0 bridgehead atoms. The van der Waals surface area contributed by atoms with Crippen molar-refractivity contribution in [3.8, 4) is 5.75 Å². The molecule has 0 aliphatic rings. The second kappa shape index (κ2) is 6.82. The van der Waals surface area contributed by atoms with Gasteiger partial charge in [0, 0.05) is 16.1 Å². The molecule has 4 nitrogen and oxygen atoms in total. The molecule has 7 heteroatoms. The van der Waals surface area contributed by atoms with Crippen LogP contribution in [0.15, 0.2) is 62.5 Å². The zero-order valence-electron chi connectivity index (χ0n) is 12.7. The molecule has 3 rings (SSSR count). The van der Waals surface area contributed by atoms with Gasteiger partial charge < -0.3 is 4.18 Å². The second-order valence-corrected chi connectivity index (χ2v) is 8.36. The lowest BCUT2D eigenvalue weighted by Crippen LogP contribution is -2.10. The summed E-state index contributed by atoms with van der Waals surface area (Å²) in [5.74, 6) is 0.174. The molecule has 24 heavy (non-hydrogen) atoms. The molecule has 0 spiro atoms. The van der Waals surface area contributed by atoms with Gasteiger partial charge in [-0.2, -0.15) is 8.42 Å². The van der Waals surface area contributed by atoms with E-state index in [0.29, 0.717) is 9.99 Å². The first-order valence-corrected chi connectivity index (χ1v) is 10.2. The second-order valence-electron chi connectivity index (χ2n) is 5.10. The van der Waals surface area contributed by atoms with Gasteiger partial charge >= 0.3 is 10.1 Å². The van der Waals surface area contributed by atoms with Gasteiger partial charge in [0.15, 0.2) is 5.75 Å². The summed E-state index contributed by atoms with van der Waals surface area (Å²) < 4.78 is 31.9. The monoisotopic (exact) mass is 469 g/mol. The Morgan fingerprint density at radius 2 is 1.79 bits per heavy atom. The minimum Gasteiger partial charge on any atom is -0.375 e. The van der Waals surface area contributed by atoms with Crippen LogP contribution in [0.2, 0.25) is 0 Å². The van der Waals surface area contributed by atoms with Crippen LogP contribution in [0.5, 0.6) is 5.75 Å². The van der Waals surface area contributed by atoms with Crippen LogP contribution >= 0.6 is 31.9 Å². The molecule has 0 radical (unpaired) electrons. The Morgan fingerprint density at radius 1 is 1.08 bits per heavy atom. The minimum atomic E-state index is -3.95. The summed E-state index contributed by atoms with van der Waals surface area (Å²) in [5, 5.41) is 0.771. The van der Waals surface area contributed by atoms with Gasteiger partial charge in [-0.15, -0.1) is 0 Å². The zero-order chi connectivity index (χ0) is 17.3. The molecular weight excluding hydrogens is 458 g/mol. The first-order valence-electron chi connectivity index (χ1n) is 7.18. The first kappa shape index (κ1) is 17.4. The van der Waals surface area contributed by atoms with Crippen LogP contribution in [0.3, 0.4) is 0 Å². The Hall–Kier alpha value is -1.44. The van der Waals surface area contributed by atoms with Crippen molar-refractivity contribution in [1.29, 1.82) is 0 Å². The lowest BCUT2D eigenvalue weighted by atomic mass is 10.2. The third kappa shape index (κ3) is 3.34. The number of hydrogen-bond acceptors (Lipinski definition) is 4. The summed E-state index contributed by atoms with van der Waals surface area (Å²) in [7, 11) is -3.95. The maximum atomic E-state index is 12.6. The van der Waals surface area contributed by atoms with E-state index in [1.54, 1.807) is 42.6 Å². The molecule has 0 saturated heterocycles. The summed E-state index contributed by atoms with van der Waals surface area (Å²) in [6.45, 7) is 2.01. The van der Waals surface area contributed by atoms with E-state index < -0.39 is 10.1 Å². The molecule has 1 heterocycles. The van der Waals surface area contributed by atoms with Crippen LogP contribution < -0.4 is 4.18 Å². The van der Waals surface area contributed by atoms with Crippen LogP contribution in [0.25, 0.3) is 10.9 Å². The van der Waals surface area contributed by atoms with Crippen LogP contribution in [0.1, 0.15) is 12.5 Å². The van der Waals surface area contributed by atoms with Crippen molar-refractivity contribution in [1.82, 2.24) is 4.98 Å². The Kier molecular flexibility index (Phi) is 4.94. The van der Waals surface area contributed by atoms with E-state index in [4.69, 9.17) is 4.18 Å². The molecule has 0 fully saturated rings. The predicted octanol–water partition coefficient (Wildman–Crippen LogP) is 5.09. The topological polar surface area (TPSA) is 56.3 Å². The number of halogens is 2. The SMILES string of the molecule is CCc1ccc(S(=O)(=O)Oc2c(Br)cc(Br)c3cccnc23)cc1. The van der Waals surface area contributed by atoms with Gasteiger partial charge in [0.25, 0.3) is 0 Å². The Morgan fingerprint density at radius 3 is 2.46 bits per heavy atom. The molecule has 1 aromatic heterocycles. The van der Waals surface area contributed by atoms with Crippen molar-refractivity contribution < 1.29 is 12.6 Å². The highest BCUT2D eigenvalue weighted by molar-refractivity contribution is 9.11. The Balaban J connectivity index is 2.08. The molecule has 0 unspecified atom stereocenters. The van der Waals surface area contributed by atoms with Crippen molar-refractivity contribution in [3.05, 3.63) is 63.2 Å². The number of fused-ring (bicyclic) bond motifs is 1. The highest BCUT2D eigenvalue weighted by atomic mass is 79.9. The first-order chi connectivity index (χ1) is 11.4. The highest BCUT2D eigenvalue weighted by Gasteiger charge is 2.21. The minimum absolute atomic E-state index is 0.110. The van der Waals surface area contributed by atoms with E-state index in [0.717, 1.165) is 21.8 Å². The van der Waals surface area contributed by atoms with E-state index in [9.17, 15) is 8.42 Å². The summed E-state index contributed by atoms with van der Waals surface area (Å²) in [5.41, 5.74) is 1.53. The van der Waals surface area contributed by atoms with Gasteiger partial charge in [-0.25, -0.2) is 0 Å². The summed E-state index contributed by atoms with van der Waals surface area (Å²) in [6.07, 6.45) is 2.44. The lowest BCUT2D eigenvalue weighted by Gasteiger charge is -2.12. The lowest BCUT2D eigenvalue weighted by molar-refractivity contribution is 0.486. The van der Waals surface area contributed by atoms with Gasteiger partial charge in [-0.05, 0) is 52.2 Å². The fourth-order valence-corrected chi connectivity index (χ4v) is 4.69. The number of rotatable bonds is 4. The number of hydrogen-bond donors (Lipinski definition) is 0. The molecular formula is C17H13Br2NO3S. The largest absolute Gasteiger partial charge is 0.375 e. The number of aryl methyl sites for hydroxylation is 1. The molecule has 0 aliphatic heterocycles. The van der Waals surface area contributed by atoms with Crippen molar-refractivity contribution in [2.75, 3.05) is 0 Å². The average molecular weight is 471 g/mol. The van der Waals surface area contributed by atoms with E-state index in [2.05, 4.69) is 36.8 Å². The third-order valence-electron chi connectivity index (χ3n) is 3.56. The molecule has 3 aromatic rings. The van der Waals surface area contributed by atoms with Gasteiger partial charge in [0.1, 0.15) is 10.4 Å². The fourth-order valence-electron chi connectivity index (χ4n) is 2.28. The van der Waals surface area contributed by atoms with E-state index in [1.807, 2.05) is 13.0 Å². The quantitative estimate of drug-likeness (QED) is 0.498. The van der Waals surface area contributed by atoms with Crippen LogP contribution in [-0.2, 0) is 16.5 Å². The highest BCUT2D eigenvalue weighted by Crippen LogP contribution is 2.38. The molecule has 0 N–H and O–H groups in total. The number of pyridine rings is 1. The van der Waals surface area contributed by atoms with Gasteiger partial charge in [0.05, 0.1) is 4.47 Å². The molecule has 2 aromatic carbocycles. The predicted molar refractivity (Wildman–Crippen MR) is 101 cm³/mol. The standard InChI is InChI=1S/C17H13Br2NO3S/c1-2-11-5-7-12(8-6-11)24(21,22)23-17-15(19)10-14(18)13-4-3-9-20-16(13)17/h3-10H,2H2,1H3. The Bertz CT molecular complexity index is 1000. The summed E-state index contributed by atoms with van der Waals surface area (Å²) in [4.78, 5) is 4.37. The summed E-state index contributed by atoms with van der Waals surface area (Å²) >= 11 is 6.80. The number of benzene rings is 2. The maximum absolute atomic E-state index is 12.6. The molecule has 0 atom stereocenters. The molecule has 0 amide bonds. The van der Waals surface area contributed by atoms with E-state index >= 15 is 0 Å². The van der Waals surface area contributed by atoms with Crippen LogP contribution in [0.4, 0.5) is 0 Å². The van der Waals surface area contributed by atoms with Crippen LogP contribution in [-0.4, -0.2) is 13.4 Å². The van der Waals surface area contributed by atoms with Crippen molar-refractivity contribution in [2.24, 2.45) is 0 Å².